The van der Waals surface area contributed by atoms with Crippen molar-refractivity contribution in [1.29, 1.82) is 0 Å². The van der Waals surface area contributed by atoms with Crippen molar-refractivity contribution in [1.82, 2.24) is 4.90 Å². The number of likely N-dealkylation sites (N-methyl/N-ethyl adjacent to an activating group) is 1. The Morgan fingerprint density at radius 1 is 1.44 bits per heavy atom. The highest BCUT2D eigenvalue weighted by Crippen LogP contribution is 2.38. The highest BCUT2D eigenvalue weighted by molar-refractivity contribution is 9.10. The molecule has 3 heteroatoms. The van der Waals surface area contributed by atoms with Crippen LogP contribution in [0.25, 0.3) is 0 Å². The molecule has 1 aliphatic rings. The molecule has 1 aliphatic carbocycles. The van der Waals surface area contributed by atoms with Crippen LogP contribution >= 0.6 is 15.9 Å². The van der Waals surface area contributed by atoms with Crippen molar-refractivity contribution in [2.75, 3.05) is 13.6 Å². The summed E-state index contributed by atoms with van der Waals surface area (Å²) in [4.78, 5) is 2.49. The summed E-state index contributed by atoms with van der Waals surface area (Å²) in [6.45, 7) is 3.02. The third kappa shape index (κ3) is 3.14. The summed E-state index contributed by atoms with van der Waals surface area (Å²) in [5.74, 6) is 0.821. The first-order valence-corrected chi connectivity index (χ1v) is 7.64. The van der Waals surface area contributed by atoms with Crippen molar-refractivity contribution >= 4 is 15.9 Å². The van der Waals surface area contributed by atoms with Gasteiger partial charge in [0.2, 0.25) is 0 Å². The van der Waals surface area contributed by atoms with Crippen LogP contribution in [0.1, 0.15) is 37.8 Å². The maximum Gasteiger partial charge on any atom is 0.0346 e. The van der Waals surface area contributed by atoms with Crippen molar-refractivity contribution in [2.45, 2.75) is 38.3 Å². The molecule has 0 bridgehead atoms. The van der Waals surface area contributed by atoms with E-state index in [9.17, 15) is 0 Å². The molecule has 0 saturated heterocycles. The topological polar surface area (TPSA) is 29.3 Å². The summed E-state index contributed by atoms with van der Waals surface area (Å²) in [6, 6.07) is 9.65. The average molecular weight is 311 g/mol. The van der Waals surface area contributed by atoms with Crippen molar-refractivity contribution in [3.8, 4) is 0 Å². The fourth-order valence-corrected chi connectivity index (χ4v) is 3.29. The lowest BCUT2D eigenvalue weighted by Crippen LogP contribution is -2.41. The predicted octanol–water partition coefficient (Wildman–Crippen LogP) is 3.57. The third-order valence-electron chi connectivity index (χ3n) is 4.04. The number of hydrogen-bond acceptors (Lipinski definition) is 2. The molecule has 0 aromatic heterocycles. The van der Waals surface area contributed by atoms with E-state index in [-0.39, 0.29) is 0 Å². The maximum absolute atomic E-state index is 5.96. The van der Waals surface area contributed by atoms with Crippen LogP contribution in [0.5, 0.6) is 0 Å². The zero-order valence-electron chi connectivity index (χ0n) is 11.3. The van der Waals surface area contributed by atoms with Gasteiger partial charge in [0.15, 0.2) is 0 Å². The minimum absolute atomic E-state index is 0.469. The fraction of sp³-hybridized carbons (Fsp3) is 0.600. The molecule has 1 aromatic rings. The van der Waals surface area contributed by atoms with Crippen LogP contribution in [0.4, 0.5) is 0 Å². The zero-order valence-corrected chi connectivity index (χ0v) is 12.9. The van der Waals surface area contributed by atoms with Crippen LogP contribution in [0, 0.1) is 5.92 Å². The van der Waals surface area contributed by atoms with E-state index in [0.29, 0.717) is 12.1 Å². The number of nitrogens with zero attached hydrogens (tertiary/aromatic N) is 1. The summed E-state index contributed by atoms with van der Waals surface area (Å²) in [5.41, 5.74) is 7.35. The highest BCUT2D eigenvalue weighted by Gasteiger charge is 2.35. The summed E-state index contributed by atoms with van der Waals surface area (Å²) in [5, 5.41) is 0. The van der Waals surface area contributed by atoms with Crippen molar-refractivity contribution in [3.05, 3.63) is 34.3 Å². The predicted molar refractivity (Wildman–Crippen MR) is 80.5 cm³/mol. The van der Waals surface area contributed by atoms with E-state index in [1.807, 2.05) is 0 Å². The summed E-state index contributed by atoms with van der Waals surface area (Å²) in [6.07, 6.45) is 3.82. The molecule has 0 heterocycles. The Balaban J connectivity index is 2.16. The molecule has 1 aromatic carbocycles. The van der Waals surface area contributed by atoms with E-state index in [2.05, 4.69) is 59.1 Å². The standard InChI is InChI=1S/C15H23BrN2/c1-3-14(12-5-4-6-13(16)9-12)18(2)15(10-17)11-7-8-11/h4-6,9,11,14-15H,3,7-8,10,17H2,1-2H3. The quantitative estimate of drug-likeness (QED) is 0.870. The molecular weight excluding hydrogens is 288 g/mol. The lowest BCUT2D eigenvalue weighted by Gasteiger charge is -2.34. The Labute approximate surface area is 119 Å². The van der Waals surface area contributed by atoms with Gasteiger partial charge in [-0.1, -0.05) is 35.0 Å². The van der Waals surface area contributed by atoms with E-state index in [0.717, 1.165) is 23.4 Å². The molecule has 0 aliphatic heterocycles. The monoisotopic (exact) mass is 310 g/mol. The second-order valence-corrected chi connectivity index (χ2v) is 6.20. The second kappa shape index (κ2) is 6.18. The summed E-state index contributed by atoms with van der Waals surface area (Å²) >= 11 is 3.56. The average Bonchev–Trinajstić information content (AvgIpc) is 3.15. The van der Waals surface area contributed by atoms with Crippen LogP contribution in [-0.2, 0) is 0 Å². The normalized spacial score (nSPS) is 18.9. The van der Waals surface area contributed by atoms with Crippen LogP contribution in [-0.4, -0.2) is 24.5 Å². The highest BCUT2D eigenvalue weighted by atomic mass is 79.9. The lowest BCUT2D eigenvalue weighted by atomic mass is 10.00. The Morgan fingerprint density at radius 2 is 2.17 bits per heavy atom. The van der Waals surface area contributed by atoms with E-state index in [4.69, 9.17) is 5.73 Å². The molecule has 1 saturated carbocycles. The Hall–Kier alpha value is -0.380. The molecule has 2 rings (SSSR count). The van der Waals surface area contributed by atoms with Crippen LogP contribution in [0.15, 0.2) is 28.7 Å². The van der Waals surface area contributed by atoms with Crippen LogP contribution in [0.2, 0.25) is 0 Å². The largest absolute Gasteiger partial charge is 0.329 e. The van der Waals surface area contributed by atoms with Gasteiger partial charge >= 0.3 is 0 Å². The lowest BCUT2D eigenvalue weighted by molar-refractivity contribution is 0.155. The fourth-order valence-electron chi connectivity index (χ4n) is 2.88. The van der Waals surface area contributed by atoms with Gasteiger partial charge in [-0.2, -0.15) is 0 Å². The SMILES string of the molecule is CCC(c1cccc(Br)c1)N(C)C(CN)C1CC1. The molecule has 18 heavy (non-hydrogen) atoms. The maximum atomic E-state index is 5.96. The molecule has 2 nitrogen and oxygen atoms in total. The molecule has 1 fully saturated rings. The number of benzene rings is 1. The number of hydrogen-bond donors (Lipinski definition) is 1. The molecular formula is C15H23BrN2. The molecule has 100 valence electrons. The van der Waals surface area contributed by atoms with E-state index < -0.39 is 0 Å². The number of nitrogens with two attached hydrogens (primary N) is 1. The Bertz CT molecular complexity index is 390. The van der Waals surface area contributed by atoms with Gasteiger partial charge in [0.1, 0.15) is 0 Å². The van der Waals surface area contributed by atoms with Crippen molar-refractivity contribution in [2.24, 2.45) is 11.7 Å². The van der Waals surface area contributed by atoms with Crippen molar-refractivity contribution < 1.29 is 0 Å². The number of rotatable bonds is 6. The van der Waals surface area contributed by atoms with Crippen LogP contribution in [0.3, 0.4) is 0 Å². The first-order chi connectivity index (χ1) is 8.67. The van der Waals surface area contributed by atoms with Gasteiger partial charge in [-0.25, -0.2) is 0 Å². The molecule has 0 amide bonds. The Kier molecular flexibility index (Phi) is 4.82. The summed E-state index contributed by atoms with van der Waals surface area (Å²) < 4.78 is 1.16. The van der Waals surface area contributed by atoms with E-state index in [1.165, 1.54) is 18.4 Å². The third-order valence-corrected chi connectivity index (χ3v) is 4.54. The minimum atomic E-state index is 0.469. The molecule has 2 N–H and O–H groups in total. The zero-order chi connectivity index (χ0) is 13.1. The molecule has 0 radical (unpaired) electrons. The first kappa shape index (κ1) is 14.0. The minimum Gasteiger partial charge on any atom is -0.329 e. The number of halogens is 1. The second-order valence-electron chi connectivity index (χ2n) is 5.29. The summed E-state index contributed by atoms with van der Waals surface area (Å²) in [7, 11) is 2.23. The van der Waals surface area contributed by atoms with Crippen LogP contribution < -0.4 is 5.73 Å². The van der Waals surface area contributed by atoms with Gasteiger partial charge < -0.3 is 5.73 Å². The van der Waals surface area contributed by atoms with E-state index in [1.54, 1.807) is 0 Å². The van der Waals surface area contributed by atoms with Gasteiger partial charge in [0.05, 0.1) is 0 Å². The molecule has 2 unspecified atom stereocenters. The Morgan fingerprint density at radius 3 is 2.67 bits per heavy atom. The van der Waals surface area contributed by atoms with Gasteiger partial charge in [-0.3, -0.25) is 4.90 Å². The van der Waals surface area contributed by atoms with Gasteiger partial charge in [-0.15, -0.1) is 0 Å². The van der Waals surface area contributed by atoms with Gasteiger partial charge in [-0.05, 0) is 49.9 Å². The van der Waals surface area contributed by atoms with Gasteiger partial charge in [0.25, 0.3) is 0 Å². The molecule has 0 spiro atoms. The van der Waals surface area contributed by atoms with E-state index >= 15 is 0 Å². The smallest absolute Gasteiger partial charge is 0.0346 e. The van der Waals surface area contributed by atoms with Gasteiger partial charge in [0, 0.05) is 23.1 Å². The van der Waals surface area contributed by atoms with Crippen molar-refractivity contribution in [3.63, 3.8) is 0 Å². The first-order valence-electron chi connectivity index (χ1n) is 6.84. The molecule has 2 atom stereocenters.